The third kappa shape index (κ3) is 5.55. The van der Waals surface area contributed by atoms with E-state index in [1.165, 1.54) is 6.20 Å². The van der Waals surface area contributed by atoms with Crippen LogP contribution in [0.15, 0.2) is 29.3 Å². The van der Waals surface area contributed by atoms with E-state index in [-0.39, 0.29) is 18.0 Å². The van der Waals surface area contributed by atoms with Crippen molar-refractivity contribution < 1.29 is 9.53 Å². The lowest BCUT2D eigenvalue weighted by Crippen LogP contribution is -2.51. The van der Waals surface area contributed by atoms with Crippen molar-refractivity contribution in [2.45, 2.75) is 13.3 Å². The number of nitrogens with zero attached hydrogens (tertiary/aromatic N) is 5. The highest BCUT2D eigenvalue weighted by Crippen LogP contribution is 2.14. The van der Waals surface area contributed by atoms with Gasteiger partial charge in [0.2, 0.25) is 5.91 Å². The van der Waals surface area contributed by atoms with Crippen LogP contribution in [0.5, 0.6) is 5.75 Å². The van der Waals surface area contributed by atoms with Gasteiger partial charge in [0.15, 0.2) is 0 Å². The van der Waals surface area contributed by atoms with Gasteiger partial charge < -0.3 is 19.9 Å². The van der Waals surface area contributed by atoms with Crippen molar-refractivity contribution in [3.63, 3.8) is 0 Å². The third-order valence-corrected chi connectivity index (χ3v) is 4.92. The first-order chi connectivity index (χ1) is 14.6. The van der Waals surface area contributed by atoms with Crippen LogP contribution < -0.4 is 20.5 Å². The highest BCUT2D eigenvalue weighted by Gasteiger charge is 2.21. The molecular formula is C20H25N7O3. The number of amides is 1. The number of hydrogen-bond acceptors (Lipinski definition) is 8. The summed E-state index contributed by atoms with van der Waals surface area (Å²) in [6, 6.07) is 5.65. The number of carbonyl (C=O) groups excluding carboxylic acids is 1. The standard InChI is InChI=1S/C20H25N7O3/c1-15-17(13-24-25-20(15)29)30-10-2-5-22-14-19(28)27-8-6-26(7-9-27)18-4-3-16(11-21)12-23-18/h3-4,12-13,22H,2,5-10,14H2,1H3,(H,25,29). The van der Waals surface area contributed by atoms with Gasteiger partial charge >= 0.3 is 0 Å². The Morgan fingerprint density at radius 2 is 2.10 bits per heavy atom. The molecule has 0 unspecified atom stereocenters. The van der Waals surface area contributed by atoms with E-state index >= 15 is 0 Å². The molecule has 0 radical (unpaired) electrons. The van der Waals surface area contributed by atoms with Crippen LogP contribution in [-0.4, -0.2) is 71.9 Å². The average molecular weight is 411 g/mol. The molecule has 1 amide bonds. The van der Waals surface area contributed by atoms with Gasteiger partial charge in [-0.3, -0.25) is 9.59 Å². The fourth-order valence-corrected chi connectivity index (χ4v) is 3.10. The smallest absolute Gasteiger partial charge is 0.270 e. The van der Waals surface area contributed by atoms with E-state index < -0.39 is 0 Å². The molecule has 30 heavy (non-hydrogen) atoms. The van der Waals surface area contributed by atoms with Gasteiger partial charge in [0.1, 0.15) is 17.6 Å². The van der Waals surface area contributed by atoms with Crippen molar-refractivity contribution in [1.82, 2.24) is 25.4 Å². The van der Waals surface area contributed by atoms with Gasteiger partial charge in [-0.15, -0.1) is 0 Å². The minimum absolute atomic E-state index is 0.0676. The molecule has 3 rings (SSSR count). The molecule has 1 saturated heterocycles. The first-order valence-corrected chi connectivity index (χ1v) is 9.85. The van der Waals surface area contributed by atoms with Gasteiger partial charge in [0.05, 0.1) is 30.5 Å². The number of pyridine rings is 1. The fraction of sp³-hybridized carbons (Fsp3) is 0.450. The molecule has 0 spiro atoms. The highest BCUT2D eigenvalue weighted by atomic mass is 16.5. The SMILES string of the molecule is Cc1c(OCCCNCC(=O)N2CCN(c3ccc(C#N)cn3)CC2)cn[nH]c1=O. The lowest BCUT2D eigenvalue weighted by Gasteiger charge is -2.35. The van der Waals surface area contributed by atoms with Crippen LogP contribution in [0, 0.1) is 18.3 Å². The fourth-order valence-electron chi connectivity index (χ4n) is 3.10. The van der Waals surface area contributed by atoms with Crippen LogP contribution in [0.1, 0.15) is 17.5 Å². The molecule has 0 aliphatic carbocycles. The van der Waals surface area contributed by atoms with Crippen LogP contribution in [-0.2, 0) is 4.79 Å². The first-order valence-electron chi connectivity index (χ1n) is 9.85. The average Bonchev–Trinajstić information content (AvgIpc) is 2.79. The molecule has 3 heterocycles. The van der Waals surface area contributed by atoms with Gasteiger partial charge in [0.25, 0.3) is 5.56 Å². The molecule has 2 N–H and O–H groups in total. The zero-order valence-electron chi connectivity index (χ0n) is 16.9. The number of hydrogen-bond donors (Lipinski definition) is 2. The Kier molecular flexibility index (Phi) is 7.34. The van der Waals surface area contributed by atoms with Crippen molar-refractivity contribution in [2.75, 3.05) is 50.8 Å². The predicted molar refractivity (Wildman–Crippen MR) is 110 cm³/mol. The quantitative estimate of drug-likeness (QED) is 0.584. The summed E-state index contributed by atoms with van der Waals surface area (Å²) in [4.78, 5) is 32.1. The predicted octanol–water partition coefficient (Wildman–Crippen LogP) is 0.0523. The number of carbonyl (C=O) groups is 1. The third-order valence-electron chi connectivity index (χ3n) is 4.92. The van der Waals surface area contributed by atoms with Crippen molar-refractivity contribution >= 4 is 11.7 Å². The lowest BCUT2D eigenvalue weighted by molar-refractivity contribution is -0.130. The summed E-state index contributed by atoms with van der Waals surface area (Å²) in [6.07, 6.45) is 3.76. The van der Waals surface area contributed by atoms with Crippen LogP contribution in [0.3, 0.4) is 0 Å². The number of aromatic amines is 1. The van der Waals surface area contributed by atoms with Crippen molar-refractivity contribution in [1.29, 1.82) is 5.26 Å². The van der Waals surface area contributed by atoms with E-state index in [1.807, 2.05) is 11.0 Å². The zero-order chi connectivity index (χ0) is 21.3. The topological polar surface area (TPSA) is 127 Å². The molecule has 2 aromatic heterocycles. The Hall–Kier alpha value is -3.45. The van der Waals surface area contributed by atoms with E-state index in [4.69, 9.17) is 10.00 Å². The van der Waals surface area contributed by atoms with Crippen molar-refractivity contribution in [3.8, 4) is 11.8 Å². The number of ether oxygens (including phenoxy) is 1. The van der Waals surface area contributed by atoms with Crippen molar-refractivity contribution in [3.05, 3.63) is 46.0 Å². The Labute approximate surface area is 174 Å². The molecule has 0 aromatic carbocycles. The zero-order valence-corrected chi connectivity index (χ0v) is 16.9. The second-order valence-electron chi connectivity index (χ2n) is 6.95. The minimum atomic E-state index is -0.258. The van der Waals surface area contributed by atoms with Crippen LogP contribution in [0.25, 0.3) is 0 Å². The maximum Gasteiger partial charge on any atom is 0.270 e. The normalized spacial score (nSPS) is 13.7. The number of aromatic nitrogens is 3. The molecule has 10 nitrogen and oxygen atoms in total. The van der Waals surface area contributed by atoms with E-state index in [1.54, 1.807) is 19.2 Å². The Balaban J connectivity index is 1.31. The Bertz CT molecular complexity index is 944. The summed E-state index contributed by atoms with van der Waals surface area (Å²) in [7, 11) is 0. The summed E-state index contributed by atoms with van der Waals surface area (Å²) in [6.45, 7) is 5.73. The second kappa shape index (κ2) is 10.4. The second-order valence-corrected chi connectivity index (χ2v) is 6.95. The summed E-state index contributed by atoms with van der Waals surface area (Å²) < 4.78 is 5.56. The Morgan fingerprint density at radius 1 is 1.30 bits per heavy atom. The number of piperazine rings is 1. The van der Waals surface area contributed by atoms with Gasteiger partial charge in [0, 0.05) is 32.4 Å². The molecular weight excluding hydrogens is 386 g/mol. The molecule has 1 fully saturated rings. The minimum Gasteiger partial charge on any atom is -0.491 e. The van der Waals surface area contributed by atoms with E-state index in [9.17, 15) is 9.59 Å². The summed E-state index contributed by atoms with van der Waals surface area (Å²) in [5, 5.41) is 18.1. The molecule has 10 heteroatoms. The lowest BCUT2D eigenvalue weighted by atomic mass is 10.2. The van der Waals surface area contributed by atoms with Gasteiger partial charge in [-0.2, -0.15) is 10.4 Å². The molecule has 0 saturated carbocycles. The first kappa shape index (κ1) is 21.3. The van der Waals surface area contributed by atoms with E-state index in [2.05, 4.69) is 31.5 Å². The molecule has 0 atom stereocenters. The molecule has 1 aliphatic rings. The monoisotopic (exact) mass is 411 g/mol. The van der Waals surface area contributed by atoms with Crippen LogP contribution >= 0.6 is 0 Å². The molecule has 1 aliphatic heterocycles. The maximum atomic E-state index is 12.4. The van der Waals surface area contributed by atoms with Crippen LogP contribution in [0.2, 0.25) is 0 Å². The van der Waals surface area contributed by atoms with Crippen LogP contribution in [0.4, 0.5) is 5.82 Å². The van der Waals surface area contributed by atoms with E-state index in [0.717, 1.165) is 5.82 Å². The maximum absolute atomic E-state index is 12.4. The summed E-state index contributed by atoms with van der Waals surface area (Å²) in [5.74, 6) is 1.37. The van der Waals surface area contributed by atoms with Gasteiger partial charge in [-0.25, -0.2) is 10.1 Å². The number of anilines is 1. The molecule has 158 valence electrons. The largest absolute Gasteiger partial charge is 0.491 e. The summed E-state index contributed by atoms with van der Waals surface area (Å²) in [5.41, 5.74) is 0.781. The van der Waals surface area contributed by atoms with E-state index in [0.29, 0.717) is 62.6 Å². The highest BCUT2D eigenvalue weighted by molar-refractivity contribution is 5.78. The molecule has 0 bridgehead atoms. The molecule has 2 aromatic rings. The Morgan fingerprint density at radius 3 is 2.80 bits per heavy atom. The van der Waals surface area contributed by atoms with Gasteiger partial charge in [-0.05, 0) is 32.0 Å². The van der Waals surface area contributed by atoms with Crippen molar-refractivity contribution in [2.24, 2.45) is 0 Å². The number of nitriles is 1. The van der Waals surface area contributed by atoms with Gasteiger partial charge in [-0.1, -0.05) is 0 Å². The number of rotatable bonds is 8. The number of H-pyrrole nitrogens is 1. The number of nitrogens with one attached hydrogen (secondary N) is 2. The summed E-state index contributed by atoms with van der Waals surface area (Å²) >= 11 is 0.